The molecule has 1 fully saturated rings. The molecule has 8 rings (SSSR count). The molecule has 5 aromatic carbocycles. The largest absolute Gasteiger partial charge is 0.472 e. The van der Waals surface area contributed by atoms with Gasteiger partial charge >= 0.3 is 0 Å². The first-order chi connectivity index (χ1) is 18.7. The van der Waals surface area contributed by atoms with E-state index >= 15 is 0 Å². The number of rotatable bonds is 2. The summed E-state index contributed by atoms with van der Waals surface area (Å²) in [6.07, 6.45) is 8.92. The van der Waals surface area contributed by atoms with Crippen molar-refractivity contribution in [3.63, 3.8) is 0 Å². The molecule has 0 N–H and O–H groups in total. The van der Waals surface area contributed by atoms with E-state index in [0.29, 0.717) is 0 Å². The van der Waals surface area contributed by atoms with Crippen molar-refractivity contribution in [1.29, 1.82) is 0 Å². The molecule has 2 aliphatic carbocycles. The zero-order chi connectivity index (χ0) is 25.3. The minimum Gasteiger partial charge on any atom is -0.472 e. The van der Waals surface area contributed by atoms with Gasteiger partial charge in [-0.1, -0.05) is 110 Å². The van der Waals surface area contributed by atoms with E-state index in [-0.39, 0.29) is 11.2 Å². The molecular formula is C36H27FO. The molecule has 1 spiro atoms. The Morgan fingerprint density at radius 3 is 2.00 bits per heavy atom. The monoisotopic (exact) mass is 494 g/mol. The van der Waals surface area contributed by atoms with Crippen molar-refractivity contribution in [2.45, 2.75) is 36.7 Å². The Morgan fingerprint density at radius 2 is 1.32 bits per heavy atom. The lowest BCUT2D eigenvalue weighted by atomic mass is 9.73. The summed E-state index contributed by atoms with van der Waals surface area (Å²) in [5.41, 5.74) is 7.35. The van der Waals surface area contributed by atoms with Crippen molar-refractivity contribution in [3.05, 3.63) is 143 Å². The number of halogens is 1. The second-order valence-corrected chi connectivity index (χ2v) is 10.9. The maximum absolute atomic E-state index is 14.7. The molecule has 0 amide bonds. The Balaban J connectivity index is 1.47. The first-order valence-corrected chi connectivity index (χ1v) is 13.6. The lowest BCUT2D eigenvalue weighted by Gasteiger charge is -2.39. The van der Waals surface area contributed by atoms with Crippen LogP contribution >= 0.6 is 0 Å². The Hall–Kier alpha value is -4.17. The van der Waals surface area contributed by atoms with Gasteiger partial charge in [0.25, 0.3) is 0 Å². The minimum atomic E-state index is -0.743. The van der Waals surface area contributed by atoms with Crippen LogP contribution in [0.3, 0.4) is 0 Å². The van der Waals surface area contributed by atoms with E-state index in [1.807, 2.05) is 18.2 Å². The molecule has 184 valence electrons. The molecule has 38 heavy (non-hydrogen) atoms. The van der Waals surface area contributed by atoms with Crippen molar-refractivity contribution in [2.24, 2.45) is 0 Å². The number of hydrogen-bond donors (Lipinski definition) is 0. The summed E-state index contributed by atoms with van der Waals surface area (Å²) in [7, 11) is 0. The third-order valence-electron chi connectivity index (χ3n) is 9.06. The molecule has 0 atom stereocenters. The average Bonchev–Trinajstić information content (AvgIpc) is 3.58. The van der Waals surface area contributed by atoms with E-state index in [2.05, 4.69) is 84.9 Å². The van der Waals surface area contributed by atoms with Crippen LogP contribution in [0.2, 0.25) is 0 Å². The van der Waals surface area contributed by atoms with Crippen LogP contribution in [-0.4, -0.2) is 0 Å². The van der Waals surface area contributed by atoms with Gasteiger partial charge in [-0.25, -0.2) is 4.39 Å². The van der Waals surface area contributed by atoms with Gasteiger partial charge in [0.15, 0.2) is 5.60 Å². The van der Waals surface area contributed by atoms with Crippen LogP contribution < -0.4 is 4.74 Å². The van der Waals surface area contributed by atoms with Crippen LogP contribution in [0.25, 0.3) is 28.0 Å². The molecule has 1 saturated carbocycles. The van der Waals surface area contributed by atoms with Crippen LogP contribution in [0.4, 0.5) is 4.39 Å². The molecular weight excluding hydrogens is 467 g/mol. The van der Waals surface area contributed by atoms with Gasteiger partial charge in [-0.15, -0.1) is 0 Å². The van der Waals surface area contributed by atoms with Gasteiger partial charge in [0.2, 0.25) is 0 Å². The third-order valence-corrected chi connectivity index (χ3v) is 9.06. The molecule has 1 heterocycles. The molecule has 1 nitrogen and oxygen atoms in total. The fraction of sp³-hybridized carbons (Fsp3) is 0.167. The first-order valence-electron chi connectivity index (χ1n) is 13.6. The molecule has 2 heteroatoms. The van der Waals surface area contributed by atoms with Gasteiger partial charge in [0.05, 0.1) is 0 Å². The van der Waals surface area contributed by atoms with Crippen molar-refractivity contribution in [1.82, 2.24) is 0 Å². The maximum atomic E-state index is 14.7. The summed E-state index contributed by atoms with van der Waals surface area (Å²) in [5, 5.41) is 2.29. The summed E-state index contributed by atoms with van der Waals surface area (Å²) in [6, 6.07) is 35.0. The van der Waals surface area contributed by atoms with Gasteiger partial charge in [0.1, 0.15) is 11.6 Å². The molecule has 0 bridgehead atoms. The summed E-state index contributed by atoms with van der Waals surface area (Å²) in [4.78, 5) is 0. The lowest BCUT2D eigenvalue weighted by molar-refractivity contribution is 0.163. The Kier molecular flexibility index (Phi) is 4.56. The van der Waals surface area contributed by atoms with Crippen molar-refractivity contribution >= 4 is 16.8 Å². The van der Waals surface area contributed by atoms with Crippen LogP contribution in [0.15, 0.2) is 109 Å². The predicted octanol–water partition coefficient (Wildman–Crippen LogP) is 9.17. The summed E-state index contributed by atoms with van der Waals surface area (Å²) < 4.78 is 22.0. The van der Waals surface area contributed by atoms with E-state index in [4.69, 9.17) is 4.74 Å². The number of benzene rings is 5. The topological polar surface area (TPSA) is 9.23 Å². The van der Waals surface area contributed by atoms with Gasteiger partial charge in [0, 0.05) is 27.5 Å². The van der Waals surface area contributed by atoms with E-state index in [1.165, 1.54) is 22.1 Å². The molecule has 1 aliphatic heterocycles. The van der Waals surface area contributed by atoms with Gasteiger partial charge in [-0.3, -0.25) is 0 Å². The average molecular weight is 495 g/mol. The molecule has 0 aromatic heterocycles. The highest BCUT2D eigenvalue weighted by Gasteiger charge is 2.49. The van der Waals surface area contributed by atoms with E-state index < -0.39 is 5.60 Å². The Morgan fingerprint density at radius 1 is 0.684 bits per heavy atom. The van der Waals surface area contributed by atoms with E-state index in [1.54, 1.807) is 12.1 Å². The normalized spacial score (nSPS) is 17.7. The minimum absolute atomic E-state index is 0.153. The number of fused-ring (bicyclic) bond motifs is 10. The van der Waals surface area contributed by atoms with Gasteiger partial charge in [-0.05, 0) is 58.7 Å². The molecule has 5 aromatic rings. The predicted molar refractivity (Wildman–Crippen MR) is 152 cm³/mol. The van der Waals surface area contributed by atoms with Crippen LogP contribution in [-0.2, 0) is 11.0 Å². The Labute approximate surface area is 222 Å². The highest BCUT2D eigenvalue weighted by atomic mass is 19.1. The smallest absolute Gasteiger partial charge is 0.178 e. The number of hydrogen-bond acceptors (Lipinski definition) is 1. The molecule has 0 radical (unpaired) electrons. The SMILES string of the molecule is Fc1ccc2c(c1)C1(CCCC1)c1c3c(c4ccccc4c1-2)OC(c1ccccc1)(c1ccccc1)C=C3. The lowest BCUT2D eigenvalue weighted by Crippen LogP contribution is -2.35. The number of ether oxygens (including phenoxy) is 1. The first kappa shape index (κ1) is 21.9. The molecule has 0 unspecified atom stereocenters. The third kappa shape index (κ3) is 2.81. The van der Waals surface area contributed by atoms with Crippen molar-refractivity contribution in [2.75, 3.05) is 0 Å². The fourth-order valence-corrected chi connectivity index (χ4v) is 7.48. The second kappa shape index (κ2) is 7.91. The quantitative estimate of drug-likeness (QED) is 0.238. The van der Waals surface area contributed by atoms with Gasteiger partial charge in [-0.2, -0.15) is 0 Å². The molecule has 0 saturated heterocycles. The molecule has 3 aliphatic rings. The Bertz CT molecular complexity index is 1700. The highest BCUT2D eigenvalue weighted by Crippen LogP contribution is 2.62. The summed E-state index contributed by atoms with van der Waals surface area (Å²) in [6.45, 7) is 0. The fourth-order valence-electron chi connectivity index (χ4n) is 7.48. The van der Waals surface area contributed by atoms with Crippen molar-refractivity contribution in [3.8, 4) is 16.9 Å². The van der Waals surface area contributed by atoms with E-state index in [9.17, 15) is 4.39 Å². The second-order valence-electron chi connectivity index (χ2n) is 10.9. The summed E-state index contributed by atoms with van der Waals surface area (Å²) >= 11 is 0. The van der Waals surface area contributed by atoms with Crippen molar-refractivity contribution < 1.29 is 9.13 Å². The van der Waals surface area contributed by atoms with Crippen LogP contribution in [0.5, 0.6) is 5.75 Å². The summed E-state index contributed by atoms with van der Waals surface area (Å²) in [5.74, 6) is 0.772. The van der Waals surface area contributed by atoms with Crippen LogP contribution in [0.1, 0.15) is 53.5 Å². The van der Waals surface area contributed by atoms with Gasteiger partial charge < -0.3 is 4.74 Å². The maximum Gasteiger partial charge on any atom is 0.178 e. The van der Waals surface area contributed by atoms with Crippen LogP contribution in [0, 0.1) is 5.82 Å². The zero-order valence-electron chi connectivity index (χ0n) is 21.1. The zero-order valence-corrected chi connectivity index (χ0v) is 21.1. The van der Waals surface area contributed by atoms with E-state index in [0.717, 1.165) is 59.1 Å². The highest BCUT2D eigenvalue weighted by molar-refractivity contribution is 6.08. The standard InChI is InChI=1S/C36H27FO/c37-26-17-18-29-31(23-26)35(20-9-10-21-35)33-30-19-22-36(24-11-3-1-4-12-24,25-13-5-2-6-14-25)38-34(30)28-16-8-7-15-27(28)32(29)33/h1-8,11-19,22-23H,9-10,20-21H2.